The van der Waals surface area contributed by atoms with Crippen molar-refractivity contribution in [1.29, 1.82) is 0 Å². The summed E-state index contributed by atoms with van der Waals surface area (Å²) in [6, 6.07) is 0. The van der Waals surface area contributed by atoms with E-state index in [1.54, 1.807) is 37.3 Å². The third-order valence-corrected chi connectivity index (χ3v) is 3.31. The summed E-state index contributed by atoms with van der Waals surface area (Å²) < 4.78 is 65.4. The first-order valence-corrected chi connectivity index (χ1v) is 6.67. The zero-order valence-electron chi connectivity index (χ0n) is 10.5. The van der Waals surface area contributed by atoms with Gasteiger partial charge in [0.05, 0.1) is 7.05 Å². The number of aliphatic carboxylic acids is 1. The van der Waals surface area contributed by atoms with Gasteiger partial charge in [-0.3, -0.25) is 4.55 Å². The Morgan fingerprint density at radius 2 is 1.95 bits per heavy atom. The first kappa shape index (κ1) is 18.4. The summed E-state index contributed by atoms with van der Waals surface area (Å²) in [5, 5.41) is 7.90. The maximum atomic E-state index is 10.9. The van der Waals surface area contributed by atoms with Gasteiger partial charge in [0.25, 0.3) is 0 Å². The quantitative estimate of drug-likeness (QED) is 0.592. The van der Waals surface area contributed by atoms with Crippen LogP contribution in [-0.2, 0) is 22.0 Å². The molecule has 0 aromatic carbocycles. The molecule has 0 spiro atoms. The molecule has 0 aliphatic rings. The lowest BCUT2D eigenvalue weighted by Gasteiger charge is -2.06. The van der Waals surface area contributed by atoms with E-state index in [9.17, 15) is 21.6 Å². The summed E-state index contributed by atoms with van der Waals surface area (Å²) in [4.78, 5) is 8.78. The largest absolute Gasteiger partial charge is 0.542 e. The van der Waals surface area contributed by atoms with E-state index < -0.39 is 27.6 Å². The molecule has 20 heavy (non-hydrogen) atoms. The molecule has 1 N–H and O–H groups in total. The van der Waals surface area contributed by atoms with Crippen LogP contribution in [0.4, 0.5) is 13.2 Å². The number of aryl methyl sites for hydroxylation is 1. The van der Waals surface area contributed by atoms with Gasteiger partial charge in [-0.15, -0.1) is 0 Å². The van der Waals surface area contributed by atoms with E-state index in [4.69, 9.17) is 14.5 Å². The molecule has 1 unspecified atom stereocenters. The molecule has 0 saturated carbocycles. The molecule has 1 aromatic rings. The van der Waals surface area contributed by atoms with E-state index in [-0.39, 0.29) is 0 Å². The predicted octanol–water partition coefficient (Wildman–Crippen LogP) is -0.592. The number of rotatable bonds is 3. The SMILES string of the molecule is CCC(n1cc[n+](C)c1)S(=O)(=O)O.O=C([O-])C(F)(F)F. The molecule has 1 atom stereocenters. The first-order chi connectivity index (χ1) is 8.89. The van der Waals surface area contributed by atoms with Gasteiger partial charge >= 0.3 is 16.3 Å². The van der Waals surface area contributed by atoms with E-state index in [0.29, 0.717) is 6.42 Å². The monoisotopic (exact) mass is 318 g/mol. The van der Waals surface area contributed by atoms with Gasteiger partial charge in [0.1, 0.15) is 18.4 Å². The van der Waals surface area contributed by atoms with Crippen molar-refractivity contribution in [3.8, 4) is 0 Å². The molecule has 0 bridgehead atoms. The Hall–Kier alpha value is -1.62. The smallest absolute Gasteiger partial charge is 0.430 e. The van der Waals surface area contributed by atoms with Crippen LogP contribution in [0.15, 0.2) is 18.7 Å². The Balaban J connectivity index is 0.000000441. The minimum atomic E-state index is -5.19. The van der Waals surface area contributed by atoms with Gasteiger partial charge in [-0.25, -0.2) is 9.13 Å². The molecule has 0 amide bonds. The van der Waals surface area contributed by atoms with Crippen molar-refractivity contribution in [1.82, 2.24) is 4.57 Å². The normalized spacial score (nSPS) is 13.3. The Morgan fingerprint density at radius 3 is 2.15 bits per heavy atom. The molecule has 7 nitrogen and oxygen atoms in total. The lowest BCUT2D eigenvalue weighted by molar-refractivity contribution is -0.671. The highest BCUT2D eigenvalue weighted by molar-refractivity contribution is 7.85. The second-order valence-electron chi connectivity index (χ2n) is 3.69. The molecule has 0 aliphatic heterocycles. The summed E-state index contributed by atoms with van der Waals surface area (Å²) >= 11 is 0. The number of nitrogens with zero attached hydrogens (tertiary/aromatic N) is 2. The number of hydrogen-bond donors (Lipinski definition) is 1. The minimum absolute atomic E-state index is 0.341. The Morgan fingerprint density at radius 1 is 1.50 bits per heavy atom. The zero-order chi connectivity index (χ0) is 16.1. The molecule has 1 heterocycles. The van der Waals surface area contributed by atoms with Gasteiger partial charge in [0, 0.05) is 6.42 Å². The molecular weight excluding hydrogens is 305 g/mol. The van der Waals surface area contributed by atoms with Crippen LogP contribution in [0.2, 0.25) is 0 Å². The third kappa shape index (κ3) is 6.02. The van der Waals surface area contributed by atoms with Gasteiger partial charge in [-0.1, -0.05) is 6.92 Å². The van der Waals surface area contributed by atoms with E-state index in [1.165, 1.54) is 4.57 Å². The Labute approximate surface area is 113 Å². The molecule has 1 aromatic heterocycles. The predicted molar refractivity (Wildman–Crippen MR) is 57.5 cm³/mol. The third-order valence-electron chi connectivity index (χ3n) is 2.05. The highest BCUT2D eigenvalue weighted by Crippen LogP contribution is 2.16. The van der Waals surface area contributed by atoms with Crippen LogP contribution in [0, 0.1) is 0 Å². The van der Waals surface area contributed by atoms with Crippen LogP contribution in [0.3, 0.4) is 0 Å². The van der Waals surface area contributed by atoms with Gasteiger partial charge < -0.3 is 9.90 Å². The standard InChI is InChI=1S/C7H12N2O3S.C2HF3O2/c1-3-7(13(10,11)12)9-5-4-8(2)6-9;3-2(4,5)1(6)7/h4-7H,3H2,1-2H3;(H,6,7). The molecule has 1 rings (SSSR count). The number of aromatic nitrogens is 2. The van der Waals surface area contributed by atoms with Crippen LogP contribution in [-0.4, -0.2) is 29.7 Å². The molecule has 0 radical (unpaired) electrons. The molecule has 11 heteroatoms. The maximum Gasteiger partial charge on any atom is 0.430 e. The number of carboxylic acids is 1. The van der Waals surface area contributed by atoms with Crippen molar-refractivity contribution in [2.45, 2.75) is 24.9 Å². The molecule has 0 aliphatic carbocycles. The van der Waals surface area contributed by atoms with Crippen LogP contribution < -0.4 is 9.67 Å². The van der Waals surface area contributed by atoms with Gasteiger partial charge in [0.15, 0.2) is 0 Å². The summed E-state index contributed by atoms with van der Waals surface area (Å²) in [7, 11) is -2.22. The number of carbonyl (C=O) groups is 1. The van der Waals surface area contributed by atoms with Crippen molar-refractivity contribution in [3.05, 3.63) is 18.7 Å². The number of hydrogen-bond acceptors (Lipinski definition) is 4. The second-order valence-corrected chi connectivity index (χ2v) is 5.26. The molecular formula is C9H13F3N2O5S. The van der Waals surface area contributed by atoms with E-state index in [0.717, 1.165) is 0 Å². The van der Waals surface area contributed by atoms with Crippen molar-refractivity contribution >= 4 is 16.1 Å². The number of alkyl halides is 3. The van der Waals surface area contributed by atoms with Crippen molar-refractivity contribution in [3.63, 3.8) is 0 Å². The zero-order valence-corrected chi connectivity index (χ0v) is 11.3. The Kier molecular flexibility index (Phi) is 6.16. The van der Waals surface area contributed by atoms with Crippen LogP contribution in [0.1, 0.15) is 18.7 Å². The lowest BCUT2D eigenvalue weighted by Crippen LogP contribution is -2.37. The summed E-state index contributed by atoms with van der Waals surface area (Å²) in [5.74, 6) is -3.01. The van der Waals surface area contributed by atoms with Crippen LogP contribution >= 0.6 is 0 Å². The highest BCUT2D eigenvalue weighted by atomic mass is 32.2. The molecule has 0 saturated heterocycles. The molecule has 0 fully saturated rings. The minimum Gasteiger partial charge on any atom is -0.542 e. The summed E-state index contributed by atoms with van der Waals surface area (Å²) in [6.07, 6.45) is 0.0885. The highest BCUT2D eigenvalue weighted by Gasteiger charge is 2.29. The van der Waals surface area contributed by atoms with Crippen LogP contribution in [0.25, 0.3) is 0 Å². The Bertz CT molecular complexity index is 552. The molecule has 116 valence electrons. The second kappa shape index (κ2) is 6.70. The summed E-state index contributed by atoms with van der Waals surface area (Å²) in [6.45, 7) is 1.71. The number of carboxylic acid groups (broad SMARTS) is 1. The number of carbonyl (C=O) groups excluding carboxylic acids is 1. The fourth-order valence-corrected chi connectivity index (χ4v) is 2.07. The van der Waals surface area contributed by atoms with Crippen molar-refractivity contribution < 1.29 is 40.6 Å². The van der Waals surface area contributed by atoms with Crippen LogP contribution in [0.5, 0.6) is 0 Å². The van der Waals surface area contributed by atoms with Crippen molar-refractivity contribution in [2.24, 2.45) is 7.05 Å². The maximum absolute atomic E-state index is 10.9. The van der Waals surface area contributed by atoms with Gasteiger partial charge in [-0.05, 0) is 0 Å². The van der Waals surface area contributed by atoms with Gasteiger partial charge in [-0.2, -0.15) is 21.6 Å². The number of imidazole rings is 1. The van der Waals surface area contributed by atoms with Gasteiger partial charge in [0.2, 0.25) is 11.7 Å². The van der Waals surface area contributed by atoms with E-state index in [2.05, 4.69) is 0 Å². The first-order valence-electron chi connectivity index (χ1n) is 5.16. The van der Waals surface area contributed by atoms with E-state index in [1.807, 2.05) is 0 Å². The number of halogens is 3. The fraction of sp³-hybridized carbons (Fsp3) is 0.556. The van der Waals surface area contributed by atoms with Crippen molar-refractivity contribution in [2.75, 3.05) is 0 Å². The lowest BCUT2D eigenvalue weighted by atomic mass is 10.5. The summed E-state index contributed by atoms with van der Waals surface area (Å²) in [5.41, 5.74) is 0. The average molecular weight is 318 g/mol. The average Bonchev–Trinajstić information content (AvgIpc) is 2.63. The fourth-order valence-electron chi connectivity index (χ4n) is 1.22. The topological polar surface area (TPSA) is 103 Å². The van der Waals surface area contributed by atoms with E-state index >= 15 is 0 Å².